The highest BCUT2D eigenvalue weighted by molar-refractivity contribution is 9.10. The molecule has 1 aromatic rings. The van der Waals surface area contributed by atoms with E-state index >= 15 is 0 Å². The summed E-state index contributed by atoms with van der Waals surface area (Å²) in [5.41, 5.74) is 1.31. The minimum absolute atomic E-state index is 0.317. The third-order valence-electron chi connectivity index (χ3n) is 2.99. The lowest BCUT2D eigenvalue weighted by atomic mass is 10.0. The number of benzene rings is 1. The second-order valence-electron chi connectivity index (χ2n) is 3.99. The van der Waals surface area contributed by atoms with E-state index in [0.717, 1.165) is 26.2 Å². The third-order valence-corrected chi connectivity index (χ3v) is 3.71. The maximum Gasteiger partial charge on any atom is 0.0541 e. The fraction of sp³-hybridized carbons (Fsp3) is 0.385. The van der Waals surface area contributed by atoms with Gasteiger partial charge in [0, 0.05) is 30.7 Å². The van der Waals surface area contributed by atoms with Gasteiger partial charge in [0.05, 0.1) is 6.04 Å². The first-order valence-corrected chi connectivity index (χ1v) is 6.44. The van der Waals surface area contributed by atoms with Gasteiger partial charge in [0.15, 0.2) is 0 Å². The summed E-state index contributed by atoms with van der Waals surface area (Å²) in [7, 11) is 0. The molecule has 0 unspecified atom stereocenters. The molecule has 0 spiro atoms. The van der Waals surface area contributed by atoms with Gasteiger partial charge in [0.1, 0.15) is 0 Å². The van der Waals surface area contributed by atoms with E-state index in [4.69, 9.17) is 0 Å². The van der Waals surface area contributed by atoms with Crippen molar-refractivity contribution in [2.24, 2.45) is 0 Å². The monoisotopic (exact) mass is 280 g/mol. The molecule has 1 aliphatic rings. The normalized spacial score (nSPS) is 19.3. The van der Waals surface area contributed by atoms with Gasteiger partial charge in [-0.3, -0.25) is 4.90 Å². The van der Waals surface area contributed by atoms with Gasteiger partial charge < -0.3 is 5.32 Å². The smallest absolute Gasteiger partial charge is 0.0541 e. The summed E-state index contributed by atoms with van der Waals surface area (Å²) in [5, 5.41) is 3.37. The van der Waals surface area contributed by atoms with Crippen molar-refractivity contribution in [3.8, 4) is 0 Å². The van der Waals surface area contributed by atoms with Crippen molar-refractivity contribution in [3.63, 3.8) is 0 Å². The zero-order valence-corrected chi connectivity index (χ0v) is 10.9. The molecule has 0 saturated carbocycles. The summed E-state index contributed by atoms with van der Waals surface area (Å²) in [5.74, 6) is 0. The van der Waals surface area contributed by atoms with Crippen LogP contribution in [0.5, 0.6) is 0 Å². The number of rotatable bonds is 3. The standard InChI is InChI=1S/C13H17BrN2/c1-2-13(16-9-7-15-8-10-16)11-5-3-4-6-12(11)14/h2-6,13,15H,1,7-10H2/t13-/m0/s1. The van der Waals surface area contributed by atoms with E-state index in [9.17, 15) is 0 Å². The molecule has 16 heavy (non-hydrogen) atoms. The van der Waals surface area contributed by atoms with E-state index in [1.54, 1.807) is 0 Å². The van der Waals surface area contributed by atoms with E-state index in [-0.39, 0.29) is 0 Å². The molecule has 2 rings (SSSR count). The maximum atomic E-state index is 3.97. The first-order valence-electron chi connectivity index (χ1n) is 5.64. The molecule has 0 aromatic heterocycles. The molecule has 1 aromatic carbocycles. The Kier molecular flexibility index (Phi) is 4.16. The lowest BCUT2D eigenvalue weighted by Gasteiger charge is -2.33. The van der Waals surface area contributed by atoms with Crippen LogP contribution in [0.15, 0.2) is 41.4 Å². The van der Waals surface area contributed by atoms with Crippen molar-refractivity contribution in [2.45, 2.75) is 6.04 Å². The van der Waals surface area contributed by atoms with Crippen LogP contribution < -0.4 is 5.32 Å². The Bertz CT molecular complexity index is 359. The molecule has 1 heterocycles. The van der Waals surface area contributed by atoms with Gasteiger partial charge >= 0.3 is 0 Å². The molecule has 0 bridgehead atoms. The van der Waals surface area contributed by atoms with Crippen molar-refractivity contribution < 1.29 is 0 Å². The van der Waals surface area contributed by atoms with Gasteiger partial charge in [0.2, 0.25) is 0 Å². The molecule has 1 atom stereocenters. The van der Waals surface area contributed by atoms with Gasteiger partial charge in [-0.15, -0.1) is 6.58 Å². The van der Waals surface area contributed by atoms with Crippen LogP contribution in [0.3, 0.4) is 0 Å². The van der Waals surface area contributed by atoms with Crippen LogP contribution in [0.4, 0.5) is 0 Å². The van der Waals surface area contributed by atoms with Crippen LogP contribution in [0.25, 0.3) is 0 Å². The summed E-state index contributed by atoms with van der Waals surface area (Å²) in [6.45, 7) is 8.26. The fourth-order valence-electron chi connectivity index (χ4n) is 2.15. The largest absolute Gasteiger partial charge is 0.314 e. The third kappa shape index (κ3) is 2.54. The van der Waals surface area contributed by atoms with Crippen LogP contribution in [-0.2, 0) is 0 Å². The minimum Gasteiger partial charge on any atom is -0.314 e. The Morgan fingerprint density at radius 3 is 2.62 bits per heavy atom. The predicted molar refractivity (Wildman–Crippen MR) is 71.5 cm³/mol. The molecule has 86 valence electrons. The van der Waals surface area contributed by atoms with E-state index in [2.05, 4.69) is 50.9 Å². The van der Waals surface area contributed by atoms with Gasteiger partial charge in [-0.25, -0.2) is 0 Å². The minimum atomic E-state index is 0.317. The zero-order chi connectivity index (χ0) is 11.4. The molecule has 2 nitrogen and oxygen atoms in total. The first kappa shape index (κ1) is 11.8. The molecule has 1 N–H and O–H groups in total. The number of nitrogens with one attached hydrogen (secondary N) is 1. The number of nitrogens with zero attached hydrogens (tertiary/aromatic N) is 1. The quantitative estimate of drug-likeness (QED) is 0.857. The van der Waals surface area contributed by atoms with Crippen LogP contribution in [0.1, 0.15) is 11.6 Å². The molecular formula is C13H17BrN2. The highest BCUT2D eigenvalue weighted by atomic mass is 79.9. The van der Waals surface area contributed by atoms with Gasteiger partial charge in [-0.05, 0) is 11.6 Å². The van der Waals surface area contributed by atoms with Crippen LogP contribution in [0.2, 0.25) is 0 Å². The molecular weight excluding hydrogens is 264 g/mol. The van der Waals surface area contributed by atoms with Crippen molar-refractivity contribution in [1.82, 2.24) is 10.2 Å². The summed E-state index contributed by atoms with van der Waals surface area (Å²) in [6.07, 6.45) is 2.03. The fourth-order valence-corrected chi connectivity index (χ4v) is 2.67. The van der Waals surface area contributed by atoms with E-state index in [1.807, 2.05) is 12.1 Å². The highest BCUT2D eigenvalue weighted by Gasteiger charge is 2.20. The topological polar surface area (TPSA) is 15.3 Å². The van der Waals surface area contributed by atoms with Crippen molar-refractivity contribution >= 4 is 15.9 Å². The summed E-state index contributed by atoms with van der Waals surface area (Å²) >= 11 is 3.61. The van der Waals surface area contributed by atoms with Crippen molar-refractivity contribution in [1.29, 1.82) is 0 Å². The number of hydrogen-bond donors (Lipinski definition) is 1. The Labute approximate surface area is 105 Å². The number of halogens is 1. The summed E-state index contributed by atoms with van der Waals surface area (Å²) in [4.78, 5) is 2.46. The van der Waals surface area contributed by atoms with Crippen LogP contribution in [0, 0.1) is 0 Å². The zero-order valence-electron chi connectivity index (χ0n) is 9.32. The molecule has 1 saturated heterocycles. The van der Waals surface area contributed by atoms with E-state index < -0.39 is 0 Å². The molecule has 0 aliphatic carbocycles. The van der Waals surface area contributed by atoms with E-state index in [0.29, 0.717) is 6.04 Å². The number of piperazine rings is 1. The van der Waals surface area contributed by atoms with Crippen molar-refractivity contribution in [3.05, 3.63) is 47.0 Å². The molecule has 0 radical (unpaired) electrons. The van der Waals surface area contributed by atoms with Gasteiger partial charge in [0.25, 0.3) is 0 Å². The molecule has 1 fully saturated rings. The van der Waals surface area contributed by atoms with Crippen LogP contribution in [-0.4, -0.2) is 31.1 Å². The number of hydrogen-bond acceptors (Lipinski definition) is 2. The van der Waals surface area contributed by atoms with E-state index in [1.165, 1.54) is 10.0 Å². The SMILES string of the molecule is C=C[C@@H](c1ccccc1Br)N1CCNCC1. The second kappa shape index (κ2) is 5.62. The lowest BCUT2D eigenvalue weighted by Crippen LogP contribution is -2.44. The average molecular weight is 281 g/mol. The second-order valence-corrected chi connectivity index (χ2v) is 4.84. The maximum absolute atomic E-state index is 3.97. The van der Waals surface area contributed by atoms with Crippen LogP contribution >= 0.6 is 15.9 Å². The molecule has 0 amide bonds. The first-order chi connectivity index (χ1) is 7.83. The molecule has 3 heteroatoms. The Morgan fingerprint density at radius 1 is 1.31 bits per heavy atom. The van der Waals surface area contributed by atoms with Gasteiger partial charge in [-0.1, -0.05) is 40.2 Å². The van der Waals surface area contributed by atoms with Crippen molar-refractivity contribution in [2.75, 3.05) is 26.2 Å². The Morgan fingerprint density at radius 2 is 2.00 bits per heavy atom. The summed E-state index contributed by atoms with van der Waals surface area (Å²) < 4.78 is 1.17. The summed E-state index contributed by atoms with van der Waals surface area (Å²) in [6, 6.07) is 8.70. The average Bonchev–Trinajstić information content (AvgIpc) is 2.34. The predicted octanol–water partition coefficient (Wildman–Crippen LogP) is 2.58. The highest BCUT2D eigenvalue weighted by Crippen LogP contribution is 2.28. The Hall–Kier alpha value is -0.640. The Balaban J connectivity index is 2.21. The lowest BCUT2D eigenvalue weighted by molar-refractivity contribution is 0.203. The molecule has 1 aliphatic heterocycles. The van der Waals surface area contributed by atoms with Gasteiger partial charge in [-0.2, -0.15) is 0 Å².